The maximum Gasteiger partial charge on any atom is 0.387 e. The van der Waals surface area contributed by atoms with E-state index < -0.39 is 30.0 Å². The van der Waals surface area contributed by atoms with Gasteiger partial charge >= 0.3 is 11.9 Å². The molecule has 118 valence electrons. The number of aryl methyl sites for hydroxylation is 1. The largest absolute Gasteiger partial charge is 0.858 e. The van der Waals surface area contributed by atoms with E-state index in [9.17, 15) is 20.1 Å². The quantitative estimate of drug-likeness (QED) is 0.603. The molecule has 3 unspecified atom stereocenters. The van der Waals surface area contributed by atoms with Crippen molar-refractivity contribution in [1.29, 1.82) is 5.39 Å². The molecule has 3 atom stereocenters. The lowest BCUT2D eigenvalue weighted by atomic mass is 10.1. The highest BCUT2D eigenvalue weighted by molar-refractivity contribution is 5.17. The Bertz CT molecular complexity index is 678. The summed E-state index contributed by atoms with van der Waals surface area (Å²) >= 11 is 0. The minimum absolute atomic E-state index is 0.146. The summed E-state index contributed by atoms with van der Waals surface area (Å²) in [5.74, 6) is -0.730. The highest BCUT2D eigenvalue weighted by Gasteiger charge is 2.35. The minimum atomic E-state index is -0.817. The van der Waals surface area contributed by atoms with Gasteiger partial charge in [-0.25, -0.2) is 9.78 Å². The van der Waals surface area contributed by atoms with Crippen molar-refractivity contribution in [3.63, 3.8) is 0 Å². The fourth-order valence-electron chi connectivity index (χ4n) is 2.33. The van der Waals surface area contributed by atoms with E-state index in [1.54, 1.807) is 0 Å². The van der Waals surface area contributed by atoms with E-state index in [0.29, 0.717) is 5.56 Å². The number of rotatable bonds is 4. The van der Waals surface area contributed by atoms with Gasteiger partial charge in [-0.15, -0.1) is 0 Å². The Hall–Kier alpha value is -2.44. The van der Waals surface area contributed by atoms with Gasteiger partial charge in [-0.05, 0) is 24.8 Å². The van der Waals surface area contributed by atoms with E-state index in [1.807, 2.05) is 0 Å². The molecule has 0 amide bonds. The Labute approximate surface area is 125 Å². The van der Waals surface area contributed by atoms with Gasteiger partial charge in [0.2, 0.25) is 5.39 Å². The van der Waals surface area contributed by atoms with E-state index in [2.05, 4.69) is 9.96 Å². The number of hydrogen-bond donors (Lipinski definition) is 2. The monoisotopic (exact) mass is 308 g/mol. The second-order valence-electron chi connectivity index (χ2n) is 5.13. The van der Waals surface area contributed by atoms with Crippen LogP contribution in [0.4, 0.5) is 0 Å². The molecule has 2 N–H and O–H groups in total. The SMILES string of the molecule is Cc1cn(C2CC(O)C(CC/C(O)=C\[N+]#N)O2)c(=O)nc1[O-]. The fourth-order valence-corrected chi connectivity index (χ4v) is 2.33. The lowest BCUT2D eigenvalue weighted by Crippen LogP contribution is -2.28. The molecule has 0 aliphatic carbocycles. The predicted octanol–water partition coefficient (Wildman–Crippen LogP) is 0.306. The first kappa shape index (κ1) is 15.9. The van der Waals surface area contributed by atoms with E-state index in [1.165, 1.54) is 17.7 Å². The summed E-state index contributed by atoms with van der Waals surface area (Å²) in [6.07, 6.45) is 0.761. The number of aliphatic hydroxyl groups is 2. The normalized spacial score (nSPS) is 25.1. The number of diazo groups is 1. The molecule has 22 heavy (non-hydrogen) atoms. The molecular weight excluding hydrogens is 292 g/mol. The van der Waals surface area contributed by atoms with Gasteiger partial charge in [0.1, 0.15) is 6.23 Å². The van der Waals surface area contributed by atoms with Crippen molar-refractivity contribution < 1.29 is 20.1 Å². The van der Waals surface area contributed by atoms with Gasteiger partial charge in [-0.1, -0.05) is 0 Å². The summed E-state index contributed by atoms with van der Waals surface area (Å²) in [7, 11) is 0. The molecule has 0 aromatic carbocycles. The topological polar surface area (TPSA) is 136 Å². The summed E-state index contributed by atoms with van der Waals surface area (Å²) < 4.78 is 6.78. The second-order valence-corrected chi connectivity index (χ2v) is 5.13. The zero-order valence-electron chi connectivity index (χ0n) is 11.9. The number of aliphatic hydroxyl groups excluding tert-OH is 2. The maximum atomic E-state index is 11.7. The molecule has 0 spiro atoms. The molecule has 1 aromatic heterocycles. The third kappa shape index (κ3) is 3.41. The predicted molar refractivity (Wildman–Crippen MR) is 72.2 cm³/mol. The van der Waals surface area contributed by atoms with Crippen LogP contribution in [-0.2, 0) is 4.74 Å². The summed E-state index contributed by atoms with van der Waals surface area (Å²) in [5.41, 5.74) is -0.415. The number of hydrogen-bond acceptors (Lipinski definition) is 7. The van der Waals surface area contributed by atoms with Crippen LogP contribution in [0.1, 0.15) is 31.1 Å². The van der Waals surface area contributed by atoms with Crippen molar-refractivity contribution >= 4 is 0 Å². The molecular formula is C13H16N4O5. The second kappa shape index (κ2) is 6.55. The molecule has 1 aliphatic rings. The highest BCUT2D eigenvalue weighted by atomic mass is 16.5. The Morgan fingerprint density at radius 2 is 2.45 bits per heavy atom. The van der Waals surface area contributed by atoms with Gasteiger partial charge in [-0.2, -0.15) is 0 Å². The number of aromatic nitrogens is 2. The van der Waals surface area contributed by atoms with Crippen LogP contribution in [0.25, 0.3) is 4.98 Å². The maximum absolute atomic E-state index is 11.7. The highest BCUT2D eigenvalue weighted by Crippen LogP contribution is 2.31. The first-order chi connectivity index (χ1) is 10.4. The van der Waals surface area contributed by atoms with Crippen LogP contribution in [0.15, 0.2) is 23.0 Å². The first-order valence-electron chi connectivity index (χ1n) is 6.75. The summed E-state index contributed by atoms with van der Waals surface area (Å²) in [5, 5.41) is 38.9. The number of nitrogens with zero attached hydrogens (tertiary/aromatic N) is 4. The van der Waals surface area contributed by atoms with Crippen molar-refractivity contribution in [2.24, 2.45) is 0 Å². The Morgan fingerprint density at radius 3 is 3.14 bits per heavy atom. The molecule has 1 aromatic rings. The van der Waals surface area contributed by atoms with E-state index >= 15 is 0 Å². The van der Waals surface area contributed by atoms with E-state index in [4.69, 9.17) is 10.1 Å². The number of ether oxygens (including phenoxy) is 1. The number of allylic oxidation sites excluding steroid dienone is 1. The Morgan fingerprint density at radius 1 is 1.73 bits per heavy atom. The van der Waals surface area contributed by atoms with Gasteiger partial charge in [0.25, 0.3) is 0 Å². The summed E-state index contributed by atoms with van der Waals surface area (Å²) in [4.78, 5) is 17.8. The van der Waals surface area contributed by atoms with Crippen LogP contribution in [0.5, 0.6) is 5.88 Å². The van der Waals surface area contributed by atoms with Crippen LogP contribution in [0, 0.1) is 12.3 Å². The van der Waals surface area contributed by atoms with Crippen molar-refractivity contribution in [1.82, 2.24) is 9.55 Å². The van der Waals surface area contributed by atoms with E-state index in [-0.39, 0.29) is 25.0 Å². The van der Waals surface area contributed by atoms with Crippen molar-refractivity contribution in [3.05, 3.63) is 39.2 Å². The van der Waals surface area contributed by atoms with Crippen LogP contribution in [-0.4, -0.2) is 32.0 Å². The molecule has 1 aliphatic heterocycles. The smallest absolute Gasteiger partial charge is 0.387 e. The molecule has 9 heteroatoms. The molecule has 1 saturated heterocycles. The first-order valence-corrected chi connectivity index (χ1v) is 6.75. The lowest BCUT2D eigenvalue weighted by molar-refractivity contribution is -0.276. The van der Waals surface area contributed by atoms with Crippen LogP contribution >= 0.6 is 0 Å². The Kier molecular flexibility index (Phi) is 4.75. The van der Waals surface area contributed by atoms with Gasteiger partial charge in [0, 0.05) is 19.0 Å². The van der Waals surface area contributed by atoms with Gasteiger partial charge < -0.3 is 20.1 Å². The molecule has 0 saturated carbocycles. The summed E-state index contributed by atoms with van der Waals surface area (Å²) in [6.45, 7) is 1.54. The van der Waals surface area contributed by atoms with Gasteiger partial charge in [0.05, 0.1) is 12.2 Å². The molecule has 2 heterocycles. The fraction of sp³-hybridized carbons (Fsp3) is 0.538. The van der Waals surface area contributed by atoms with Crippen LogP contribution in [0.2, 0.25) is 0 Å². The summed E-state index contributed by atoms with van der Waals surface area (Å²) in [6, 6.07) is 0. The molecule has 1 fully saturated rings. The minimum Gasteiger partial charge on any atom is -0.858 e. The van der Waals surface area contributed by atoms with E-state index in [0.717, 1.165) is 6.20 Å². The zero-order valence-corrected chi connectivity index (χ0v) is 11.9. The average molecular weight is 308 g/mol. The Balaban J connectivity index is 2.08. The third-order valence-electron chi connectivity index (χ3n) is 3.49. The molecule has 9 nitrogen and oxygen atoms in total. The zero-order chi connectivity index (χ0) is 16.3. The molecule has 0 bridgehead atoms. The molecule has 0 radical (unpaired) electrons. The average Bonchev–Trinajstić information content (AvgIpc) is 2.82. The van der Waals surface area contributed by atoms with Gasteiger partial charge in [-0.3, -0.25) is 4.57 Å². The van der Waals surface area contributed by atoms with Crippen LogP contribution < -0.4 is 10.8 Å². The standard InChI is InChI=1S/C13H16N4O5/c1-7-6-17(13(21)16-12(7)20)11-4-9(19)10(22-11)3-2-8(18)5-15-14/h5-6,9-11,19H,2-4H2,1H3,(H-,16,18,20,21)/b8-5+. The van der Waals surface area contributed by atoms with Crippen LogP contribution in [0.3, 0.4) is 0 Å². The van der Waals surface area contributed by atoms with Crippen molar-refractivity contribution in [2.45, 2.75) is 44.6 Å². The lowest BCUT2D eigenvalue weighted by Gasteiger charge is -2.17. The third-order valence-corrected chi connectivity index (χ3v) is 3.49. The van der Waals surface area contributed by atoms with Crippen molar-refractivity contribution in [2.75, 3.05) is 0 Å². The van der Waals surface area contributed by atoms with Gasteiger partial charge in [0.15, 0.2) is 10.7 Å². The van der Waals surface area contributed by atoms with Crippen molar-refractivity contribution in [3.8, 4) is 5.88 Å². The molecule has 2 rings (SSSR count).